The summed E-state index contributed by atoms with van der Waals surface area (Å²) in [5.74, 6) is -1.87. The van der Waals surface area contributed by atoms with Crippen LogP contribution >= 0.6 is 0 Å². The summed E-state index contributed by atoms with van der Waals surface area (Å²) < 4.78 is 27.2. The van der Waals surface area contributed by atoms with Gasteiger partial charge in [-0.25, -0.2) is 13.1 Å². The molecular formula is C22H28N4O6S. The van der Waals surface area contributed by atoms with Gasteiger partial charge in [0.2, 0.25) is 0 Å². The SMILES string of the molecule is CCCCCCNC(=O)c1cccc(S(=O)(=O)NC(=O)c2ccc(C(=O)NCCO)nc2)c1. The molecule has 33 heavy (non-hydrogen) atoms. The summed E-state index contributed by atoms with van der Waals surface area (Å²) in [6, 6.07) is 7.91. The lowest BCUT2D eigenvalue weighted by Gasteiger charge is -2.09. The molecule has 1 aromatic carbocycles. The number of amides is 3. The zero-order valence-corrected chi connectivity index (χ0v) is 19.2. The highest BCUT2D eigenvalue weighted by Gasteiger charge is 2.21. The fourth-order valence-corrected chi connectivity index (χ4v) is 3.84. The van der Waals surface area contributed by atoms with Crippen LogP contribution in [-0.4, -0.2) is 55.9 Å². The highest BCUT2D eigenvalue weighted by atomic mass is 32.2. The van der Waals surface area contributed by atoms with Crippen LogP contribution in [0.25, 0.3) is 0 Å². The number of hydrogen-bond acceptors (Lipinski definition) is 7. The third-order valence-corrected chi connectivity index (χ3v) is 5.93. The van der Waals surface area contributed by atoms with Gasteiger partial charge in [0.15, 0.2) is 0 Å². The minimum Gasteiger partial charge on any atom is -0.395 e. The molecule has 11 heteroatoms. The van der Waals surface area contributed by atoms with E-state index in [0.717, 1.165) is 31.9 Å². The smallest absolute Gasteiger partial charge is 0.269 e. The van der Waals surface area contributed by atoms with Gasteiger partial charge in [-0.15, -0.1) is 0 Å². The van der Waals surface area contributed by atoms with E-state index in [2.05, 4.69) is 22.5 Å². The molecule has 0 aliphatic heterocycles. The van der Waals surface area contributed by atoms with E-state index in [1.165, 1.54) is 36.4 Å². The van der Waals surface area contributed by atoms with Crippen molar-refractivity contribution in [2.24, 2.45) is 0 Å². The maximum absolute atomic E-state index is 12.6. The van der Waals surface area contributed by atoms with Gasteiger partial charge in [0.05, 0.1) is 17.1 Å². The summed E-state index contributed by atoms with van der Waals surface area (Å²) in [7, 11) is -4.25. The van der Waals surface area contributed by atoms with E-state index in [1.807, 2.05) is 4.72 Å². The number of sulfonamides is 1. The molecule has 0 saturated carbocycles. The Morgan fingerprint density at radius 2 is 1.67 bits per heavy atom. The summed E-state index contributed by atoms with van der Waals surface area (Å²) in [6.07, 6.45) is 5.07. The van der Waals surface area contributed by atoms with Crippen molar-refractivity contribution < 1.29 is 27.9 Å². The number of carbonyl (C=O) groups excluding carboxylic acids is 3. The third-order valence-electron chi connectivity index (χ3n) is 4.61. The van der Waals surface area contributed by atoms with Gasteiger partial charge in [-0.05, 0) is 36.8 Å². The number of nitrogens with zero attached hydrogens (tertiary/aromatic N) is 1. The van der Waals surface area contributed by atoms with Crippen molar-refractivity contribution in [1.29, 1.82) is 0 Å². The van der Waals surface area contributed by atoms with Crippen LogP contribution in [0.2, 0.25) is 0 Å². The molecule has 0 fully saturated rings. The summed E-state index contributed by atoms with van der Waals surface area (Å²) in [4.78, 5) is 40.1. The fourth-order valence-electron chi connectivity index (χ4n) is 2.82. The van der Waals surface area contributed by atoms with Crippen molar-refractivity contribution >= 4 is 27.7 Å². The molecule has 178 valence electrons. The number of hydrogen-bond donors (Lipinski definition) is 4. The third kappa shape index (κ3) is 7.95. The van der Waals surface area contributed by atoms with E-state index in [1.54, 1.807) is 0 Å². The van der Waals surface area contributed by atoms with Crippen molar-refractivity contribution in [1.82, 2.24) is 20.3 Å². The van der Waals surface area contributed by atoms with Crippen molar-refractivity contribution in [3.63, 3.8) is 0 Å². The number of nitrogens with one attached hydrogen (secondary N) is 3. The number of carbonyl (C=O) groups is 3. The Balaban J connectivity index is 2.03. The second kappa shape index (κ2) is 12.7. The normalized spacial score (nSPS) is 11.0. The van der Waals surface area contributed by atoms with Gasteiger partial charge in [-0.2, -0.15) is 0 Å². The number of unbranched alkanes of at least 4 members (excludes halogenated alkanes) is 3. The molecule has 0 aliphatic carbocycles. The van der Waals surface area contributed by atoms with E-state index in [-0.39, 0.29) is 34.9 Å². The second-order valence-corrected chi connectivity index (χ2v) is 8.87. The van der Waals surface area contributed by atoms with Gasteiger partial charge in [0, 0.05) is 24.8 Å². The number of aromatic nitrogens is 1. The summed E-state index contributed by atoms with van der Waals surface area (Å²) in [5, 5.41) is 13.9. The minimum atomic E-state index is -4.25. The molecule has 1 aromatic heterocycles. The first-order valence-electron chi connectivity index (χ1n) is 10.6. The molecule has 10 nitrogen and oxygen atoms in total. The van der Waals surface area contributed by atoms with Crippen LogP contribution in [0.1, 0.15) is 63.8 Å². The van der Waals surface area contributed by atoms with E-state index < -0.39 is 27.7 Å². The first kappa shape index (κ1) is 25.9. The quantitative estimate of drug-likeness (QED) is 0.336. The number of aliphatic hydroxyl groups is 1. The first-order chi connectivity index (χ1) is 15.8. The Hall–Kier alpha value is -3.31. The number of benzene rings is 1. The van der Waals surface area contributed by atoms with Crippen molar-refractivity contribution in [2.75, 3.05) is 19.7 Å². The molecule has 2 rings (SSSR count). The molecule has 3 amide bonds. The highest BCUT2D eigenvalue weighted by molar-refractivity contribution is 7.90. The highest BCUT2D eigenvalue weighted by Crippen LogP contribution is 2.13. The van der Waals surface area contributed by atoms with Crippen LogP contribution in [0.5, 0.6) is 0 Å². The molecule has 1 heterocycles. The molecule has 0 radical (unpaired) electrons. The molecular weight excluding hydrogens is 448 g/mol. The Morgan fingerprint density at radius 1 is 0.909 bits per heavy atom. The van der Waals surface area contributed by atoms with Gasteiger partial charge >= 0.3 is 0 Å². The topological polar surface area (TPSA) is 155 Å². The molecule has 0 unspecified atom stereocenters. The average molecular weight is 477 g/mol. The van der Waals surface area contributed by atoms with Gasteiger partial charge in [0.25, 0.3) is 27.7 Å². The molecule has 2 aromatic rings. The standard InChI is InChI=1S/C22H28N4O6S/c1-2-3-4-5-11-23-20(28)16-7-6-8-18(14-16)33(31,32)26-21(29)17-9-10-19(25-15-17)22(30)24-12-13-27/h6-10,14-15,27H,2-5,11-13H2,1H3,(H,23,28)(H,24,30)(H,26,29). The predicted molar refractivity (Wildman–Crippen MR) is 121 cm³/mol. The Morgan fingerprint density at radius 3 is 2.33 bits per heavy atom. The molecule has 0 saturated heterocycles. The molecule has 0 bridgehead atoms. The van der Waals surface area contributed by atoms with Crippen LogP contribution in [0.3, 0.4) is 0 Å². The fraction of sp³-hybridized carbons (Fsp3) is 0.364. The lowest BCUT2D eigenvalue weighted by atomic mass is 10.2. The summed E-state index contributed by atoms with van der Waals surface area (Å²) in [5.41, 5.74) is 0.107. The van der Waals surface area contributed by atoms with E-state index >= 15 is 0 Å². The predicted octanol–water partition coefficient (Wildman–Crippen LogP) is 1.23. The van der Waals surface area contributed by atoms with Crippen LogP contribution < -0.4 is 15.4 Å². The molecule has 0 aliphatic rings. The Kier molecular flexibility index (Phi) is 9.95. The van der Waals surface area contributed by atoms with Crippen LogP contribution in [0, 0.1) is 0 Å². The lowest BCUT2D eigenvalue weighted by molar-refractivity contribution is 0.0934. The Labute approximate surface area is 192 Å². The average Bonchev–Trinajstić information content (AvgIpc) is 2.82. The van der Waals surface area contributed by atoms with Crippen LogP contribution in [0.15, 0.2) is 47.5 Å². The largest absolute Gasteiger partial charge is 0.395 e. The monoisotopic (exact) mass is 476 g/mol. The number of aliphatic hydroxyl groups excluding tert-OH is 1. The van der Waals surface area contributed by atoms with Gasteiger partial charge in [0.1, 0.15) is 5.69 Å². The summed E-state index contributed by atoms with van der Waals surface area (Å²) >= 11 is 0. The van der Waals surface area contributed by atoms with Crippen LogP contribution in [-0.2, 0) is 10.0 Å². The zero-order chi connectivity index (χ0) is 24.3. The van der Waals surface area contributed by atoms with Gasteiger partial charge in [-0.3, -0.25) is 19.4 Å². The summed E-state index contributed by atoms with van der Waals surface area (Å²) in [6.45, 7) is 2.41. The molecule has 4 N–H and O–H groups in total. The van der Waals surface area contributed by atoms with Crippen molar-refractivity contribution in [3.05, 3.63) is 59.4 Å². The van der Waals surface area contributed by atoms with Gasteiger partial charge < -0.3 is 15.7 Å². The van der Waals surface area contributed by atoms with E-state index in [9.17, 15) is 22.8 Å². The number of rotatable bonds is 12. The Bertz CT molecular complexity index is 1070. The molecule has 0 spiro atoms. The maximum atomic E-state index is 12.6. The van der Waals surface area contributed by atoms with Crippen LogP contribution in [0.4, 0.5) is 0 Å². The van der Waals surface area contributed by atoms with Crippen molar-refractivity contribution in [2.45, 2.75) is 37.5 Å². The minimum absolute atomic E-state index is 0.0104. The maximum Gasteiger partial charge on any atom is 0.269 e. The second-order valence-electron chi connectivity index (χ2n) is 7.19. The molecule has 0 atom stereocenters. The van der Waals surface area contributed by atoms with Crippen molar-refractivity contribution in [3.8, 4) is 0 Å². The first-order valence-corrected chi connectivity index (χ1v) is 12.1. The van der Waals surface area contributed by atoms with E-state index in [0.29, 0.717) is 6.54 Å². The van der Waals surface area contributed by atoms with E-state index in [4.69, 9.17) is 5.11 Å². The number of pyridine rings is 1. The van der Waals surface area contributed by atoms with Gasteiger partial charge in [-0.1, -0.05) is 32.3 Å². The lowest BCUT2D eigenvalue weighted by Crippen LogP contribution is -2.31. The zero-order valence-electron chi connectivity index (χ0n) is 18.3.